The van der Waals surface area contributed by atoms with E-state index in [-0.39, 0.29) is 5.91 Å². The summed E-state index contributed by atoms with van der Waals surface area (Å²) in [5.74, 6) is -0.110. The topological polar surface area (TPSA) is 68.0 Å². The number of thiazole rings is 1. The van der Waals surface area contributed by atoms with Crippen LogP contribution < -0.4 is 11.1 Å². The molecule has 0 aliphatic heterocycles. The maximum absolute atomic E-state index is 11.1. The van der Waals surface area contributed by atoms with Gasteiger partial charge in [-0.15, -0.1) is 11.3 Å². The van der Waals surface area contributed by atoms with Crippen LogP contribution in [0.2, 0.25) is 0 Å². The maximum Gasteiger partial charge on any atom is 0.236 e. The molecule has 4 nitrogen and oxygen atoms in total. The summed E-state index contributed by atoms with van der Waals surface area (Å²) < 4.78 is 0. The van der Waals surface area contributed by atoms with Gasteiger partial charge in [0.15, 0.2) is 0 Å². The molecule has 1 amide bonds. The monoisotopic (exact) mass is 227 g/mol. The summed E-state index contributed by atoms with van der Waals surface area (Å²) in [7, 11) is 0. The molecule has 0 aliphatic rings. The van der Waals surface area contributed by atoms with E-state index in [0.29, 0.717) is 6.54 Å². The van der Waals surface area contributed by atoms with E-state index in [1.807, 2.05) is 5.38 Å². The third-order valence-corrected chi connectivity index (χ3v) is 3.04. The van der Waals surface area contributed by atoms with Crippen molar-refractivity contribution >= 4 is 17.2 Å². The first-order valence-electron chi connectivity index (χ1n) is 5.10. The lowest BCUT2D eigenvalue weighted by Gasteiger charge is -2.05. The Morgan fingerprint density at radius 1 is 1.73 bits per heavy atom. The summed E-state index contributed by atoms with van der Waals surface area (Å²) in [5, 5.41) is 5.94. The predicted octanol–water partition coefficient (Wildman–Crippen LogP) is 0.711. The summed E-state index contributed by atoms with van der Waals surface area (Å²) in [4.78, 5) is 15.5. The smallest absolute Gasteiger partial charge is 0.236 e. The van der Waals surface area contributed by atoms with Gasteiger partial charge in [-0.05, 0) is 13.3 Å². The van der Waals surface area contributed by atoms with Crippen molar-refractivity contribution in [3.8, 4) is 0 Å². The molecule has 0 bridgehead atoms. The van der Waals surface area contributed by atoms with Gasteiger partial charge in [0.05, 0.1) is 16.7 Å². The summed E-state index contributed by atoms with van der Waals surface area (Å²) in [5.41, 5.74) is 6.46. The van der Waals surface area contributed by atoms with Gasteiger partial charge >= 0.3 is 0 Å². The zero-order chi connectivity index (χ0) is 11.3. The molecular weight excluding hydrogens is 210 g/mol. The van der Waals surface area contributed by atoms with E-state index in [9.17, 15) is 4.79 Å². The van der Waals surface area contributed by atoms with Crippen LogP contribution in [0.5, 0.6) is 0 Å². The second-order valence-electron chi connectivity index (χ2n) is 3.42. The first-order valence-corrected chi connectivity index (χ1v) is 5.98. The van der Waals surface area contributed by atoms with Gasteiger partial charge in [0.2, 0.25) is 5.91 Å². The number of aromatic nitrogens is 1. The Hall–Kier alpha value is -0.940. The van der Waals surface area contributed by atoms with Crippen molar-refractivity contribution < 1.29 is 4.79 Å². The molecule has 0 aliphatic carbocycles. The highest BCUT2D eigenvalue weighted by molar-refractivity contribution is 7.09. The minimum absolute atomic E-state index is 0.110. The minimum Gasteiger partial charge on any atom is -0.354 e. The number of amides is 1. The van der Waals surface area contributed by atoms with Crippen molar-refractivity contribution in [2.45, 2.75) is 32.7 Å². The van der Waals surface area contributed by atoms with Crippen LogP contribution in [-0.4, -0.2) is 23.5 Å². The van der Waals surface area contributed by atoms with E-state index >= 15 is 0 Å². The molecule has 0 saturated carbocycles. The van der Waals surface area contributed by atoms with Gasteiger partial charge in [-0.1, -0.05) is 6.92 Å². The van der Waals surface area contributed by atoms with Crippen LogP contribution in [0.4, 0.5) is 0 Å². The lowest BCUT2D eigenvalue weighted by molar-refractivity contribution is -0.121. The van der Waals surface area contributed by atoms with Crippen LogP contribution in [0.15, 0.2) is 5.38 Å². The Balaban J connectivity index is 2.28. The van der Waals surface area contributed by atoms with Crippen molar-refractivity contribution in [3.05, 3.63) is 16.1 Å². The average Bonchev–Trinajstić information content (AvgIpc) is 2.65. The van der Waals surface area contributed by atoms with E-state index in [2.05, 4.69) is 17.2 Å². The Bertz CT molecular complexity index is 322. The first kappa shape index (κ1) is 12.1. The summed E-state index contributed by atoms with van der Waals surface area (Å²) in [6.07, 6.45) is 1.74. The molecule has 0 spiro atoms. The van der Waals surface area contributed by atoms with Crippen molar-refractivity contribution in [1.29, 1.82) is 0 Å². The molecule has 84 valence electrons. The molecule has 0 saturated heterocycles. The largest absolute Gasteiger partial charge is 0.354 e. The molecular formula is C10H17N3OS. The molecule has 1 aromatic heterocycles. The lowest BCUT2D eigenvalue weighted by Crippen LogP contribution is -2.39. The summed E-state index contributed by atoms with van der Waals surface area (Å²) in [6.45, 7) is 4.36. The van der Waals surface area contributed by atoms with Crippen molar-refractivity contribution in [3.63, 3.8) is 0 Å². The maximum atomic E-state index is 11.1. The number of hydrogen-bond donors (Lipinski definition) is 2. The second-order valence-corrected chi connectivity index (χ2v) is 4.36. The number of hydrogen-bond acceptors (Lipinski definition) is 4. The molecule has 0 aromatic carbocycles. The number of nitrogens with zero attached hydrogens (tertiary/aromatic N) is 1. The summed E-state index contributed by atoms with van der Waals surface area (Å²) in [6, 6.07) is -0.438. The zero-order valence-electron chi connectivity index (χ0n) is 9.12. The molecule has 15 heavy (non-hydrogen) atoms. The average molecular weight is 227 g/mol. The Kier molecular flexibility index (Phi) is 4.71. The Morgan fingerprint density at radius 3 is 3.00 bits per heavy atom. The number of carbonyl (C=O) groups excluding carboxylic acids is 1. The fraction of sp³-hybridized carbons (Fsp3) is 0.600. The summed E-state index contributed by atoms with van der Waals surface area (Å²) >= 11 is 1.67. The van der Waals surface area contributed by atoms with Gasteiger partial charge in [-0.2, -0.15) is 0 Å². The molecule has 3 N–H and O–H groups in total. The van der Waals surface area contributed by atoms with Gasteiger partial charge in [-0.3, -0.25) is 4.79 Å². The third-order valence-electron chi connectivity index (χ3n) is 2.00. The Labute approximate surface area is 93.9 Å². The molecule has 1 aromatic rings. The normalized spacial score (nSPS) is 12.5. The molecule has 0 radical (unpaired) electrons. The molecule has 1 rings (SSSR count). The SMILES string of the molecule is CCc1nc(CCNC(=O)[C@@H](C)N)cs1. The van der Waals surface area contributed by atoms with E-state index in [1.54, 1.807) is 18.3 Å². The van der Waals surface area contributed by atoms with E-state index in [1.165, 1.54) is 0 Å². The fourth-order valence-corrected chi connectivity index (χ4v) is 1.88. The van der Waals surface area contributed by atoms with Crippen LogP contribution in [0.25, 0.3) is 0 Å². The van der Waals surface area contributed by atoms with Crippen LogP contribution >= 0.6 is 11.3 Å². The van der Waals surface area contributed by atoms with E-state index in [4.69, 9.17) is 5.73 Å². The fourth-order valence-electron chi connectivity index (χ4n) is 1.10. The zero-order valence-corrected chi connectivity index (χ0v) is 9.93. The minimum atomic E-state index is -0.438. The number of rotatable bonds is 5. The van der Waals surface area contributed by atoms with Crippen LogP contribution in [0.3, 0.4) is 0 Å². The van der Waals surface area contributed by atoms with Crippen LogP contribution in [0.1, 0.15) is 24.5 Å². The van der Waals surface area contributed by atoms with Crippen molar-refractivity contribution in [1.82, 2.24) is 10.3 Å². The number of nitrogens with two attached hydrogens (primary N) is 1. The third kappa shape index (κ3) is 3.97. The number of carbonyl (C=O) groups is 1. The molecule has 0 fully saturated rings. The highest BCUT2D eigenvalue weighted by Gasteiger charge is 2.06. The van der Waals surface area contributed by atoms with Crippen LogP contribution in [0, 0.1) is 0 Å². The number of aryl methyl sites for hydroxylation is 1. The van der Waals surface area contributed by atoms with Crippen molar-refractivity contribution in [2.24, 2.45) is 5.73 Å². The van der Waals surface area contributed by atoms with Gasteiger partial charge in [0, 0.05) is 18.3 Å². The lowest BCUT2D eigenvalue weighted by atomic mass is 10.3. The quantitative estimate of drug-likeness (QED) is 0.778. The second kappa shape index (κ2) is 5.82. The van der Waals surface area contributed by atoms with E-state index in [0.717, 1.165) is 23.5 Å². The molecule has 5 heteroatoms. The van der Waals surface area contributed by atoms with Gasteiger partial charge in [-0.25, -0.2) is 4.98 Å². The standard InChI is InChI=1S/C10H17N3OS/c1-3-9-13-8(6-15-9)4-5-12-10(14)7(2)11/h6-7H,3-5,11H2,1-2H3,(H,12,14)/t7-/m1/s1. The van der Waals surface area contributed by atoms with Gasteiger partial charge in [0.25, 0.3) is 0 Å². The van der Waals surface area contributed by atoms with Gasteiger partial charge in [0.1, 0.15) is 0 Å². The van der Waals surface area contributed by atoms with Gasteiger partial charge < -0.3 is 11.1 Å². The molecule has 1 atom stereocenters. The molecule has 0 unspecified atom stereocenters. The van der Waals surface area contributed by atoms with Crippen molar-refractivity contribution in [2.75, 3.05) is 6.54 Å². The van der Waals surface area contributed by atoms with Crippen LogP contribution in [-0.2, 0) is 17.6 Å². The highest BCUT2D eigenvalue weighted by atomic mass is 32.1. The van der Waals surface area contributed by atoms with E-state index < -0.39 is 6.04 Å². The number of nitrogens with one attached hydrogen (secondary N) is 1. The predicted molar refractivity (Wildman–Crippen MR) is 61.9 cm³/mol. The molecule has 1 heterocycles. The first-order chi connectivity index (χ1) is 7.13. The Morgan fingerprint density at radius 2 is 2.47 bits per heavy atom. The highest BCUT2D eigenvalue weighted by Crippen LogP contribution is 2.09.